The molecule has 4 heteroatoms. The van der Waals surface area contributed by atoms with E-state index in [2.05, 4.69) is 17.1 Å². The fourth-order valence-corrected chi connectivity index (χ4v) is 2.26. The van der Waals surface area contributed by atoms with E-state index in [9.17, 15) is 5.11 Å². The quantitative estimate of drug-likeness (QED) is 0.468. The van der Waals surface area contributed by atoms with Crippen LogP contribution in [0.4, 0.5) is 0 Å². The highest BCUT2D eigenvalue weighted by Gasteiger charge is 2.09. The highest BCUT2D eigenvalue weighted by atomic mass is 32.2. The number of benzene rings is 1. The Bertz CT molecular complexity index is 423. The molecule has 0 atom stereocenters. The van der Waals surface area contributed by atoms with Crippen LogP contribution in [0.1, 0.15) is 16.7 Å². The van der Waals surface area contributed by atoms with Crippen molar-refractivity contribution in [1.82, 2.24) is 0 Å². The summed E-state index contributed by atoms with van der Waals surface area (Å²) in [5.74, 6) is 0. The van der Waals surface area contributed by atoms with Crippen LogP contribution in [0.2, 0.25) is 0 Å². The molecule has 0 saturated carbocycles. The van der Waals surface area contributed by atoms with E-state index in [-0.39, 0.29) is 5.09 Å². The van der Waals surface area contributed by atoms with Gasteiger partial charge in [-0.25, -0.2) is 0 Å². The van der Waals surface area contributed by atoms with Crippen LogP contribution in [0.5, 0.6) is 0 Å². The van der Waals surface area contributed by atoms with Gasteiger partial charge in [0.1, 0.15) is 0 Å². The molecule has 0 aliphatic carbocycles. The Labute approximate surface area is 93.4 Å². The zero-order chi connectivity index (χ0) is 11.4. The van der Waals surface area contributed by atoms with Gasteiger partial charge in [-0.2, -0.15) is 0 Å². The van der Waals surface area contributed by atoms with Crippen molar-refractivity contribution in [3.05, 3.63) is 45.1 Å². The average Bonchev–Trinajstić information content (AvgIpc) is 2.11. The van der Waals surface area contributed by atoms with Crippen molar-refractivity contribution in [3.8, 4) is 0 Å². The van der Waals surface area contributed by atoms with Crippen LogP contribution in [0.3, 0.4) is 0 Å². The number of aliphatic hydroxyl groups is 1. The van der Waals surface area contributed by atoms with Gasteiger partial charge in [0.05, 0.1) is 0 Å². The van der Waals surface area contributed by atoms with E-state index in [0.717, 1.165) is 22.2 Å². The number of hydrogen-bond donors (Lipinski definition) is 1. The molecule has 15 heavy (non-hydrogen) atoms. The van der Waals surface area contributed by atoms with Gasteiger partial charge in [0.15, 0.2) is 4.98 Å². The molecule has 0 unspecified atom stereocenters. The summed E-state index contributed by atoms with van der Waals surface area (Å²) in [6.45, 7) is 6.02. The summed E-state index contributed by atoms with van der Waals surface area (Å²) < 4.78 is 0. The molecule has 0 aliphatic heterocycles. The molecule has 0 aromatic heterocycles. The SMILES string of the molecule is Cc1cc(C)c(S/C(O)=C/[N+]#N)c(C)c1. The molecular formula is C11H13N2OS+. The Morgan fingerprint density at radius 3 is 2.33 bits per heavy atom. The third-order valence-corrected chi connectivity index (χ3v) is 3.14. The van der Waals surface area contributed by atoms with Crippen LogP contribution in [0, 0.1) is 26.2 Å². The number of aryl methyl sites for hydroxylation is 3. The molecule has 0 amide bonds. The Kier molecular flexibility index (Phi) is 3.75. The molecule has 0 saturated heterocycles. The lowest BCUT2D eigenvalue weighted by atomic mass is 10.1. The van der Waals surface area contributed by atoms with Gasteiger partial charge in [-0.15, -0.1) is 0 Å². The zero-order valence-electron chi connectivity index (χ0n) is 8.98. The normalized spacial score (nSPS) is 11.2. The average molecular weight is 221 g/mol. The predicted octanol–water partition coefficient (Wildman–Crippen LogP) is 3.91. The lowest BCUT2D eigenvalue weighted by molar-refractivity contribution is 0.456. The fraction of sp³-hybridized carbons (Fsp3) is 0.273. The summed E-state index contributed by atoms with van der Waals surface area (Å²) in [6, 6.07) is 4.11. The third kappa shape index (κ3) is 3.00. The molecule has 1 aromatic rings. The molecule has 0 radical (unpaired) electrons. The first kappa shape index (κ1) is 11.6. The van der Waals surface area contributed by atoms with Crippen LogP contribution >= 0.6 is 11.8 Å². The topological polar surface area (TPSA) is 48.4 Å². The van der Waals surface area contributed by atoms with E-state index in [4.69, 9.17) is 5.39 Å². The number of rotatable bonds is 2. The number of diazo groups is 1. The molecule has 3 nitrogen and oxygen atoms in total. The van der Waals surface area contributed by atoms with Gasteiger partial charge in [-0.3, -0.25) is 0 Å². The summed E-state index contributed by atoms with van der Waals surface area (Å²) >= 11 is 1.19. The van der Waals surface area contributed by atoms with Gasteiger partial charge >= 0.3 is 6.20 Å². The van der Waals surface area contributed by atoms with Crippen molar-refractivity contribution in [2.24, 2.45) is 0 Å². The van der Waals surface area contributed by atoms with Crippen molar-refractivity contribution in [2.45, 2.75) is 25.7 Å². The first-order chi connectivity index (χ1) is 7.04. The van der Waals surface area contributed by atoms with Crippen LogP contribution in [0.25, 0.3) is 4.98 Å². The van der Waals surface area contributed by atoms with E-state index in [0.29, 0.717) is 0 Å². The largest absolute Gasteiger partial charge is 0.497 e. The van der Waals surface area contributed by atoms with E-state index in [1.807, 2.05) is 20.8 Å². The Hall–Kier alpha value is -1.47. The second kappa shape index (κ2) is 4.85. The number of aliphatic hydroxyl groups excluding tert-OH is 1. The second-order valence-electron chi connectivity index (χ2n) is 3.41. The minimum atomic E-state index is -0.0208. The fourth-order valence-electron chi connectivity index (χ4n) is 1.51. The van der Waals surface area contributed by atoms with Gasteiger partial charge in [0.2, 0.25) is 10.5 Å². The first-order valence-electron chi connectivity index (χ1n) is 4.53. The van der Waals surface area contributed by atoms with Crippen molar-refractivity contribution in [2.75, 3.05) is 0 Å². The minimum Gasteiger partial charge on any atom is -0.497 e. The standard InChI is InChI=1S/C11H12N2OS/c1-7-4-8(2)11(9(3)5-7)15-10(14)6-13-12/h4-6H,1-3H3/p+1/b10-6+. The summed E-state index contributed by atoms with van der Waals surface area (Å²) in [7, 11) is 0. The molecule has 0 heterocycles. The summed E-state index contributed by atoms with van der Waals surface area (Å²) in [5.41, 5.74) is 3.41. The van der Waals surface area contributed by atoms with Crippen molar-refractivity contribution in [1.29, 1.82) is 5.39 Å². The monoisotopic (exact) mass is 221 g/mol. The smallest absolute Gasteiger partial charge is 0.398 e. The summed E-state index contributed by atoms with van der Waals surface area (Å²) in [4.78, 5) is 3.77. The molecular weight excluding hydrogens is 208 g/mol. The Morgan fingerprint density at radius 2 is 1.87 bits per heavy atom. The number of nitrogens with zero attached hydrogens (tertiary/aromatic N) is 2. The van der Waals surface area contributed by atoms with Crippen LogP contribution in [-0.2, 0) is 0 Å². The second-order valence-corrected chi connectivity index (χ2v) is 4.44. The van der Waals surface area contributed by atoms with Crippen LogP contribution < -0.4 is 0 Å². The lowest BCUT2D eigenvalue weighted by Gasteiger charge is -2.08. The van der Waals surface area contributed by atoms with Gasteiger partial charge in [0.25, 0.3) is 0 Å². The first-order valence-corrected chi connectivity index (χ1v) is 5.35. The molecule has 78 valence electrons. The van der Waals surface area contributed by atoms with Gasteiger partial charge < -0.3 is 5.11 Å². The van der Waals surface area contributed by atoms with E-state index < -0.39 is 0 Å². The third-order valence-electron chi connectivity index (χ3n) is 1.98. The number of hydrogen-bond acceptors (Lipinski definition) is 3. The van der Waals surface area contributed by atoms with Crippen molar-refractivity contribution < 1.29 is 5.11 Å². The Morgan fingerprint density at radius 1 is 1.33 bits per heavy atom. The van der Waals surface area contributed by atoms with E-state index in [1.165, 1.54) is 17.3 Å². The van der Waals surface area contributed by atoms with Crippen molar-refractivity contribution >= 4 is 11.8 Å². The summed E-state index contributed by atoms with van der Waals surface area (Å²) in [5, 5.41) is 17.6. The van der Waals surface area contributed by atoms with E-state index >= 15 is 0 Å². The molecule has 1 aromatic carbocycles. The van der Waals surface area contributed by atoms with Gasteiger partial charge in [-0.1, -0.05) is 17.7 Å². The number of thioether (sulfide) groups is 1. The molecule has 0 fully saturated rings. The minimum absolute atomic E-state index is 0.0208. The van der Waals surface area contributed by atoms with E-state index in [1.54, 1.807) is 0 Å². The molecule has 0 spiro atoms. The van der Waals surface area contributed by atoms with Gasteiger partial charge in [-0.05, 0) is 43.7 Å². The predicted molar refractivity (Wildman–Crippen MR) is 62.3 cm³/mol. The maximum atomic E-state index is 9.39. The van der Waals surface area contributed by atoms with Crippen molar-refractivity contribution in [3.63, 3.8) is 0 Å². The van der Waals surface area contributed by atoms with Crippen LogP contribution in [-0.4, -0.2) is 5.11 Å². The zero-order valence-corrected chi connectivity index (χ0v) is 9.80. The van der Waals surface area contributed by atoms with Crippen LogP contribution in [0.15, 0.2) is 28.3 Å². The highest BCUT2D eigenvalue weighted by Crippen LogP contribution is 2.31. The molecule has 1 N–H and O–H groups in total. The lowest BCUT2D eigenvalue weighted by Crippen LogP contribution is -1.88. The maximum absolute atomic E-state index is 9.39. The molecule has 0 bridgehead atoms. The molecule has 0 aliphatic rings. The van der Waals surface area contributed by atoms with Gasteiger partial charge in [0, 0.05) is 4.90 Å². The maximum Gasteiger partial charge on any atom is 0.398 e. The molecule has 1 rings (SSSR count). The highest BCUT2D eigenvalue weighted by molar-refractivity contribution is 8.03. The summed E-state index contributed by atoms with van der Waals surface area (Å²) in [6.07, 6.45) is 1.02. The Balaban J connectivity index is 3.06.